The molecule has 0 unspecified atom stereocenters. The first-order valence-electron chi connectivity index (χ1n) is 8.02. The Hall–Kier alpha value is -2.95. The maximum absolute atomic E-state index is 13.0. The summed E-state index contributed by atoms with van der Waals surface area (Å²) in [5, 5.41) is 0. The van der Waals surface area contributed by atoms with Crippen molar-refractivity contribution in [3.8, 4) is 0 Å². The van der Waals surface area contributed by atoms with Crippen LogP contribution in [-0.2, 0) is 6.42 Å². The number of carbonyl (C=O) groups excluding carboxylic acids is 2. The number of aromatic nitrogens is 2. The van der Waals surface area contributed by atoms with Gasteiger partial charge in [-0.2, -0.15) is 0 Å². The van der Waals surface area contributed by atoms with Crippen LogP contribution < -0.4 is 4.90 Å². The first-order valence-corrected chi connectivity index (χ1v) is 8.02. The summed E-state index contributed by atoms with van der Waals surface area (Å²) in [5.41, 5.74) is 4.99. The number of nitrogens with zero attached hydrogens (tertiary/aromatic N) is 2. The molecule has 24 heavy (non-hydrogen) atoms. The smallest absolute Gasteiger partial charge is 0.258 e. The number of amides is 1. The molecule has 1 N–H and O–H groups in total. The van der Waals surface area contributed by atoms with E-state index in [0.717, 1.165) is 35.1 Å². The summed E-state index contributed by atoms with van der Waals surface area (Å²) in [4.78, 5) is 33.6. The molecule has 2 heterocycles. The molecule has 0 radical (unpaired) electrons. The van der Waals surface area contributed by atoms with Gasteiger partial charge in [0.25, 0.3) is 5.91 Å². The van der Waals surface area contributed by atoms with E-state index in [1.165, 1.54) is 0 Å². The highest BCUT2D eigenvalue weighted by molar-refractivity contribution is 6.08. The van der Waals surface area contributed by atoms with Gasteiger partial charge in [-0.1, -0.05) is 0 Å². The van der Waals surface area contributed by atoms with E-state index in [-0.39, 0.29) is 11.7 Å². The van der Waals surface area contributed by atoms with Crippen LogP contribution >= 0.6 is 0 Å². The second-order valence-corrected chi connectivity index (χ2v) is 6.09. The van der Waals surface area contributed by atoms with Gasteiger partial charge in [0.05, 0.1) is 17.4 Å². The molecule has 1 aliphatic heterocycles. The number of aryl methyl sites for hydroxylation is 1. The number of ketones is 1. The second-order valence-electron chi connectivity index (χ2n) is 6.09. The van der Waals surface area contributed by atoms with Crippen LogP contribution in [-0.4, -0.2) is 28.2 Å². The fraction of sp³-hybridized carbons (Fsp3) is 0.211. The lowest BCUT2D eigenvalue weighted by Gasteiger charge is -2.30. The van der Waals surface area contributed by atoms with Gasteiger partial charge in [0.2, 0.25) is 0 Å². The molecule has 0 aliphatic carbocycles. The van der Waals surface area contributed by atoms with E-state index < -0.39 is 0 Å². The topological polar surface area (TPSA) is 66.1 Å². The summed E-state index contributed by atoms with van der Waals surface area (Å²) in [6, 6.07) is 11.1. The first-order chi connectivity index (χ1) is 11.6. The molecule has 4 rings (SSSR count). The van der Waals surface area contributed by atoms with Gasteiger partial charge >= 0.3 is 0 Å². The number of hydrogen-bond donors (Lipinski definition) is 1. The third-order valence-corrected chi connectivity index (χ3v) is 4.52. The highest BCUT2D eigenvalue weighted by atomic mass is 16.2. The first kappa shape index (κ1) is 14.6. The Morgan fingerprint density at radius 3 is 2.79 bits per heavy atom. The van der Waals surface area contributed by atoms with Gasteiger partial charge in [-0.3, -0.25) is 9.59 Å². The minimum absolute atomic E-state index is 0.0250. The lowest BCUT2D eigenvalue weighted by Crippen LogP contribution is -2.35. The lowest BCUT2D eigenvalue weighted by molar-refractivity contribution is 0.0984. The van der Waals surface area contributed by atoms with Crippen LogP contribution in [0.3, 0.4) is 0 Å². The number of benzene rings is 2. The molecule has 5 nitrogen and oxygen atoms in total. The zero-order chi connectivity index (χ0) is 16.7. The van der Waals surface area contributed by atoms with Crippen molar-refractivity contribution in [2.75, 3.05) is 11.4 Å². The van der Waals surface area contributed by atoms with E-state index >= 15 is 0 Å². The Kier molecular flexibility index (Phi) is 3.41. The van der Waals surface area contributed by atoms with Gasteiger partial charge in [-0.25, -0.2) is 4.98 Å². The zero-order valence-electron chi connectivity index (χ0n) is 13.4. The van der Waals surface area contributed by atoms with Crippen molar-refractivity contribution in [3.63, 3.8) is 0 Å². The van der Waals surface area contributed by atoms with E-state index in [1.807, 2.05) is 30.3 Å². The minimum Gasteiger partial charge on any atom is -0.345 e. The molecular formula is C19H17N3O2. The number of H-pyrrole nitrogens is 1. The number of hydrogen-bond acceptors (Lipinski definition) is 3. The molecule has 2 aromatic carbocycles. The van der Waals surface area contributed by atoms with Gasteiger partial charge in [0, 0.05) is 23.4 Å². The second kappa shape index (κ2) is 5.60. The highest BCUT2D eigenvalue weighted by Crippen LogP contribution is 2.30. The molecule has 1 aliphatic rings. The molecule has 0 atom stereocenters. The van der Waals surface area contributed by atoms with E-state index in [0.29, 0.717) is 17.7 Å². The van der Waals surface area contributed by atoms with Crippen LogP contribution in [0.2, 0.25) is 0 Å². The normalized spacial score (nSPS) is 13.8. The molecule has 0 saturated carbocycles. The Morgan fingerprint density at radius 1 is 1.12 bits per heavy atom. The van der Waals surface area contributed by atoms with Crippen molar-refractivity contribution < 1.29 is 9.59 Å². The van der Waals surface area contributed by atoms with Crippen molar-refractivity contribution in [2.24, 2.45) is 0 Å². The minimum atomic E-state index is -0.0250. The standard InChI is InChI=1S/C19H17N3O2/c1-12(23)13-5-7-18-14(9-13)3-2-8-22(18)19(24)15-4-6-16-17(10-15)21-11-20-16/h4-7,9-11H,2-3,8H2,1H3,(H,20,21). The van der Waals surface area contributed by atoms with Crippen LogP contribution in [0.5, 0.6) is 0 Å². The predicted molar refractivity (Wildman–Crippen MR) is 92.5 cm³/mol. The van der Waals surface area contributed by atoms with Crippen LogP contribution in [0, 0.1) is 0 Å². The fourth-order valence-electron chi connectivity index (χ4n) is 3.25. The van der Waals surface area contributed by atoms with Crippen molar-refractivity contribution in [3.05, 3.63) is 59.4 Å². The fourth-order valence-corrected chi connectivity index (χ4v) is 3.25. The summed E-state index contributed by atoms with van der Waals surface area (Å²) < 4.78 is 0. The lowest BCUT2D eigenvalue weighted by atomic mass is 9.97. The molecule has 0 saturated heterocycles. The summed E-state index contributed by atoms with van der Waals surface area (Å²) in [7, 11) is 0. The van der Waals surface area contributed by atoms with Crippen molar-refractivity contribution in [1.29, 1.82) is 0 Å². The summed E-state index contributed by atoms with van der Waals surface area (Å²) in [6.07, 6.45) is 3.41. The van der Waals surface area contributed by atoms with Gasteiger partial charge in [0.1, 0.15) is 0 Å². The number of anilines is 1. The molecular weight excluding hydrogens is 302 g/mol. The molecule has 0 fully saturated rings. The number of aromatic amines is 1. The maximum Gasteiger partial charge on any atom is 0.258 e. The average Bonchev–Trinajstić information content (AvgIpc) is 3.07. The number of nitrogens with one attached hydrogen (secondary N) is 1. The highest BCUT2D eigenvalue weighted by Gasteiger charge is 2.24. The monoisotopic (exact) mass is 319 g/mol. The number of rotatable bonds is 2. The van der Waals surface area contributed by atoms with Crippen LogP contribution in [0.25, 0.3) is 11.0 Å². The van der Waals surface area contributed by atoms with Crippen LogP contribution in [0.15, 0.2) is 42.7 Å². The Balaban J connectivity index is 1.72. The quantitative estimate of drug-likeness (QED) is 0.737. The van der Waals surface area contributed by atoms with E-state index in [4.69, 9.17) is 0 Å². The van der Waals surface area contributed by atoms with E-state index in [1.54, 1.807) is 24.2 Å². The molecule has 0 bridgehead atoms. The molecule has 1 aromatic heterocycles. The van der Waals surface area contributed by atoms with Gasteiger partial charge in [-0.05, 0) is 61.7 Å². The van der Waals surface area contributed by atoms with Crippen molar-refractivity contribution >= 4 is 28.4 Å². The van der Waals surface area contributed by atoms with Crippen molar-refractivity contribution in [1.82, 2.24) is 9.97 Å². The van der Waals surface area contributed by atoms with Gasteiger partial charge < -0.3 is 9.88 Å². The van der Waals surface area contributed by atoms with Crippen LogP contribution in [0.1, 0.15) is 39.6 Å². The molecule has 120 valence electrons. The molecule has 3 aromatic rings. The number of fused-ring (bicyclic) bond motifs is 2. The van der Waals surface area contributed by atoms with Gasteiger partial charge in [0.15, 0.2) is 5.78 Å². The Bertz CT molecular complexity index is 958. The Morgan fingerprint density at radius 2 is 1.96 bits per heavy atom. The molecule has 5 heteroatoms. The van der Waals surface area contributed by atoms with E-state index in [2.05, 4.69) is 9.97 Å². The van der Waals surface area contributed by atoms with E-state index in [9.17, 15) is 9.59 Å². The van der Waals surface area contributed by atoms with Crippen LogP contribution in [0.4, 0.5) is 5.69 Å². The van der Waals surface area contributed by atoms with Crippen molar-refractivity contribution in [2.45, 2.75) is 19.8 Å². The number of imidazole rings is 1. The summed E-state index contributed by atoms with van der Waals surface area (Å²) in [6.45, 7) is 2.25. The number of carbonyl (C=O) groups is 2. The van der Waals surface area contributed by atoms with Gasteiger partial charge in [-0.15, -0.1) is 0 Å². The predicted octanol–water partition coefficient (Wildman–Crippen LogP) is 3.36. The molecule has 1 amide bonds. The number of Topliss-reactive ketones (excluding diaryl/α,β-unsaturated/α-hetero) is 1. The Labute approximate surface area is 139 Å². The summed E-state index contributed by atoms with van der Waals surface area (Å²) in [5.74, 6) is 0.0222. The maximum atomic E-state index is 13.0. The summed E-state index contributed by atoms with van der Waals surface area (Å²) >= 11 is 0. The third kappa shape index (κ3) is 2.38. The SMILES string of the molecule is CC(=O)c1ccc2c(c1)CCCN2C(=O)c1ccc2nc[nH]c2c1. The zero-order valence-corrected chi connectivity index (χ0v) is 13.4. The third-order valence-electron chi connectivity index (χ3n) is 4.52. The largest absolute Gasteiger partial charge is 0.345 e. The molecule has 0 spiro atoms. The average molecular weight is 319 g/mol.